The molecule has 0 spiro atoms. The molecule has 0 saturated heterocycles. The lowest BCUT2D eigenvalue weighted by Crippen LogP contribution is -2.56. The number of aryl methyl sites for hydroxylation is 1. The van der Waals surface area contributed by atoms with Gasteiger partial charge in [0.15, 0.2) is 0 Å². The normalized spacial score (nSPS) is 19.3. The zero-order valence-corrected chi connectivity index (χ0v) is 12.6. The lowest BCUT2D eigenvalue weighted by atomic mass is 10.0. The molecular weight excluding hydrogens is 299 g/mol. The average Bonchev–Trinajstić information content (AvgIpc) is 2.51. The van der Waals surface area contributed by atoms with Crippen molar-refractivity contribution in [3.63, 3.8) is 0 Å². The second kappa shape index (κ2) is 5.39. The molecule has 118 valence electrons. The van der Waals surface area contributed by atoms with Crippen LogP contribution >= 0.6 is 0 Å². The van der Waals surface area contributed by atoms with Gasteiger partial charge in [-0.2, -0.15) is 0 Å². The van der Waals surface area contributed by atoms with Crippen molar-refractivity contribution in [1.29, 1.82) is 0 Å². The average molecular weight is 314 g/mol. The highest BCUT2D eigenvalue weighted by molar-refractivity contribution is 6.19. The third-order valence-corrected chi connectivity index (χ3v) is 3.69. The summed E-state index contributed by atoms with van der Waals surface area (Å²) in [4.78, 5) is 24.8. The van der Waals surface area contributed by atoms with Crippen molar-refractivity contribution in [1.82, 2.24) is 0 Å². The van der Waals surface area contributed by atoms with Crippen LogP contribution in [0.4, 0.5) is 15.8 Å². The van der Waals surface area contributed by atoms with Crippen molar-refractivity contribution < 1.29 is 18.7 Å². The molecule has 1 aliphatic rings. The van der Waals surface area contributed by atoms with E-state index < -0.39 is 23.2 Å². The molecule has 0 aliphatic carbocycles. The van der Waals surface area contributed by atoms with Gasteiger partial charge in [-0.1, -0.05) is 18.2 Å². The molecule has 1 unspecified atom stereocenters. The van der Waals surface area contributed by atoms with E-state index in [1.807, 2.05) is 13.0 Å². The van der Waals surface area contributed by atoms with E-state index in [4.69, 9.17) is 4.74 Å². The molecule has 0 fully saturated rings. The molecule has 0 aromatic heterocycles. The van der Waals surface area contributed by atoms with E-state index in [2.05, 4.69) is 10.6 Å². The Morgan fingerprint density at radius 1 is 1.26 bits per heavy atom. The number of halogens is 1. The molecule has 2 N–H and O–H groups in total. The van der Waals surface area contributed by atoms with Gasteiger partial charge in [0.05, 0.1) is 11.4 Å². The number of nitrogens with one attached hydrogen (secondary N) is 2. The van der Waals surface area contributed by atoms with E-state index in [0.717, 1.165) is 5.56 Å². The second-order valence-electron chi connectivity index (χ2n) is 5.52. The standard InChI is InChI=1S/C17H15FN2O3/c1-10-7-8-14-13(9-10)20-16(22)17(2,23-14)15(21)19-12-6-4-3-5-11(12)18/h3-9H,1-2H3,(H,19,21)(H,20,22). The van der Waals surface area contributed by atoms with Gasteiger partial charge in [0.2, 0.25) is 0 Å². The number of benzene rings is 2. The highest BCUT2D eigenvalue weighted by Gasteiger charge is 2.47. The van der Waals surface area contributed by atoms with Crippen LogP contribution in [0.5, 0.6) is 5.75 Å². The minimum absolute atomic E-state index is 0.00942. The number of anilines is 2. The van der Waals surface area contributed by atoms with E-state index in [0.29, 0.717) is 11.4 Å². The molecule has 2 aromatic rings. The number of para-hydroxylation sites is 1. The van der Waals surface area contributed by atoms with Crippen LogP contribution in [0, 0.1) is 12.7 Å². The third kappa shape index (κ3) is 2.63. The summed E-state index contributed by atoms with van der Waals surface area (Å²) in [5, 5.41) is 5.05. The Balaban J connectivity index is 1.89. The summed E-state index contributed by atoms with van der Waals surface area (Å²) < 4.78 is 19.3. The topological polar surface area (TPSA) is 67.4 Å². The molecular formula is C17H15FN2O3. The Kier molecular flexibility index (Phi) is 3.52. The van der Waals surface area contributed by atoms with E-state index >= 15 is 0 Å². The SMILES string of the molecule is Cc1ccc2c(c1)NC(=O)C(C)(C(=O)Nc1ccccc1F)O2. The van der Waals surface area contributed by atoms with Gasteiger partial charge in [-0.3, -0.25) is 9.59 Å². The third-order valence-electron chi connectivity index (χ3n) is 3.69. The number of carbonyl (C=O) groups is 2. The van der Waals surface area contributed by atoms with E-state index in [-0.39, 0.29) is 5.69 Å². The van der Waals surface area contributed by atoms with Gasteiger partial charge in [0, 0.05) is 0 Å². The van der Waals surface area contributed by atoms with Crippen molar-refractivity contribution in [3.8, 4) is 5.75 Å². The Morgan fingerprint density at radius 3 is 2.74 bits per heavy atom. The summed E-state index contributed by atoms with van der Waals surface area (Å²) in [6, 6.07) is 11.0. The molecule has 1 heterocycles. The highest BCUT2D eigenvalue weighted by Crippen LogP contribution is 2.34. The fourth-order valence-electron chi connectivity index (χ4n) is 2.29. The van der Waals surface area contributed by atoms with Crippen molar-refractivity contribution >= 4 is 23.2 Å². The molecule has 0 bridgehead atoms. The van der Waals surface area contributed by atoms with Crippen LogP contribution < -0.4 is 15.4 Å². The van der Waals surface area contributed by atoms with Gasteiger partial charge in [0.25, 0.3) is 17.4 Å². The predicted octanol–water partition coefficient (Wildman–Crippen LogP) is 2.86. The summed E-state index contributed by atoms with van der Waals surface area (Å²) in [5.41, 5.74) is -0.340. The second-order valence-corrected chi connectivity index (χ2v) is 5.52. The molecule has 1 aliphatic heterocycles. The van der Waals surface area contributed by atoms with Gasteiger partial charge in [0.1, 0.15) is 11.6 Å². The highest BCUT2D eigenvalue weighted by atomic mass is 19.1. The number of amides is 2. The Labute approximate surface area is 132 Å². The van der Waals surface area contributed by atoms with Crippen LogP contribution in [-0.2, 0) is 9.59 Å². The number of ether oxygens (including phenoxy) is 1. The maximum Gasteiger partial charge on any atom is 0.278 e. The van der Waals surface area contributed by atoms with Gasteiger partial charge in [-0.25, -0.2) is 4.39 Å². The van der Waals surface area contributed by atoms with Crippen LogP contribution in [0.25, 0.3) is 0 Å². The lowest BCUT2D eigenvalue weighted by Gasteiger charge is -2.33. The van der Waals surface area contributed by atoms with Crippen LogP contribution in [0.3, 0.4) is 0 Å². The zero-order chi connectivity index (χ0) is 16.6. The van der Waals surface area contributed by atoms with Crippen molar-refractivity contribution in [2.75, 3.05) is 10.6 Å². The Hall–Kier alpha value is -2.89. The van der Waals surface area contributed by atoms with Crippen LogP contribution in [0.2, 0.25) is 0 Å². The molecule has 0 radical (unpaired) electrons. The van der Waals surface area contributed by atoms with Crippen LogP contribution in [0.15, 0.2) is 42.5 Å². The molecule has 0 saturated carbocycles. The molecule has 2 amide bonds. The first-order chi connectivity index (χ1) is 10.9. The first kappa shape index (κ1) is 15.0. The number of rotatable bonds is 2. The van der Waals surface area contributed by atoms with Gasteiger partial charge >= 0.3 is 0 Å². The van der Waals surface area contributed by atoms with E-state index in [9.17, 15) is 14.0 Å². The lowest BCUT2D eigenvalue weighted by molar-refractivity contribution is -0.143. The first-order valence-corrected chi connectivity index (χ1v) is 7.07. The molecule has 3 rings (SSSR count). The predicted molar refractivity (Wildman–Crippen MR) is 83.9 cm³/mol. The molecule has 2 aromatic carbocycles. The minimum Gasteiger partial charge on any atom is -0.466 e. The molecule has 6 heteroatoms. The van der Waals surface area contributed by atoms with Crippen LogP contribution in [0.1, 0.15) is 12.5 Å². The van der Waals surface area contributed by atoms with Crippen molar-refractivity contribution in [2.45, 2.75) is 19.4 Å². The smallest absolute Gasteiger partial charge is 0.278 e. The number of carbonyl (C=O) groups excluding carboxylic acids is 2. The van der Waals surface area contributed by atoms with E-state index in [1.165, 1.54) is 25.1 Å². The largest absolute Gasteiger partial charge is 0.466 e. The molecule has 1 atom stereocenters. The van der Waals surface area contributed by atoms with Crippen LogP contribution in [-0.4, -0.2) is 17.4 Å². The maximum absolute atomic E-state index is 13.7. The van der Waals surface area contributed by atoms with E-state index in [1.54, 1.807) is 18.2 Å². The quantitative estimate of drug-likeness (QED) is 0.838. The number of hydrogen-bond acceptors (Lipinski definition) is 3. The van der Waals surface area contributed by atoms with Gasteiger partial charge in [-0.05, 0) is 43.7 Å². The first-order valence-electron chi connectivity index (χ1n) is 7.07. The van der Waals surface area contributed by atoms with Crippen molar-refractivity contribution in [3.05, 3.63) is 53.8 Å². The number of hydrogen-bond donors (Lipinski definition) is 2. The summed E-state index contributed by atoms with van der Waals surface area (Å²) in [7, 11) is 0. The minimum atomic E-state index is -1.79. The summed E-state index contributed by atoms with van der Waals surface area (Å²) in [6.45, 7) is 3.23. The Morgan fingerprint density at radius 2 is 2.00 bits per heavy atom. The zero-order valence-electron chi connectivity index (χ0n) is 12.6. The number of fused-ring (bicyclic) bond motifs is 1. The fraction of sp³-hybridized carbons (Fsp3) is 0.176. The fourth-order valence-corrected chi connectivity index (χ4v) is 2.29. The maximum atomic E-state index is 13.7. The van der Waals surface area contributed by atoms with Gasteiger partial charge < -0.3 is 15.4 Å². The van der Waals surface area contributed by atoms with Gasteiger partial charge in [-0.15, -0.1) is 0 Å². The molecule has 5 nitrogen and oxygen atoms in total. The molecule has 23 heavy (non-hydrogen) atoms. The van der Waals surface area contributed by atoms with Crippen molar-refractivity contribution in [2.24, 2.45) is 0 Å². The summed E-state index contributed by atoms with van der Waals surface area (Å²) in [5.74, 6) is -1.55. The summed E-state index contributed by atoms with van der Waals surface area (Å²) >= 11 is 0. The summed E-state index contributed by atoms with van der Waals surface area (Å²) in [6.07, 6.45) is 0. The Bertz CT molecular complexity index is 806. The monoisotopic (exact) mass is 314 g/mol.